The number of carbonyl (C=O) groups excluding carboxylic acids is 1. The Hall–Kier alpha value is -2.29. The summed E-state index contributed by atoms with van der Waals surface area (Å²) >= 11 is 0. The molecule has 0 spiro atoms. The van der Waals surface area contributed by atoms with Gasteiger partial charge in [0.15, 0.2) is 0 Å². The molecule has 3 nitrogen and oxygen atoms in total. The van der Waals surface area contributed by atoms with Gasteiger partial charge >= 0.3 is 0 Å². The summed E-state index contributed by atoms with van der Waals surface area (Å²) in [4.78, 5) is 12.1. The van der Waals surface area contributed by atoms with Crippen LogP contribution in [0.15, 0.2) is 42.5 Å². The van der Waals surface area contributed by atoms with Gasteiger partial charge in [-0.05, 0) is 48.6 Å². The van der Waals surface area contributed by atoms with Crippen molar-refractivity contribution in [1.29, 1.82) is 0 Å². The molecular weight excluding hydrogens is 286 g/mol. The summed E-state index contributed by atoms with van der Waals surface area (Å²) in [5, 5.41) is 3.05. The molecule has 1 aliphatic heterocycles. The van der Waals surface area contributed by atoms with Gasteiger partial charge in [0.25, 0.3) is 0 Å². The molecule has 120 valence electrons. The fraction of sp³-hybridized carbons (Fsp3) is 0.350. The third-order valence-electron chi connectivity index (χ3n) is 4.48. The van der Waals surface area contributed by atoms with Crippen LogP contribution in [0.4, 0.5) is 0 Å². The number of carbonyl (C=O) groups is 1. The lowest BCUT2D eigenvalue weighted by atomic mass is 9.96. The highest BCUT2D eigenvalue weighted by molar-refractivity contribution is 5.78. The predicted octanol–water partition coefficient (Wildman–Crippen LogP) is 3.21. The Morgan fingerprint density at radius 2 is 2.00 bits per heavy atom. The molecule has 23 heavy (non-hydrogen) atoms. The lowest BCUT2D eigenvalue weighted by molar-refractivity contribution is -0.120. The average Bonchev–Trinajstić information content (AvgIpc) is 2.56. The number of rotatable bonds is 4. The van der Waals surface area contributed by atoms with E-state index in [0.717, 1.165) is 17.7 Å². The number of hydrogen-bond donors (Lipinski definition) is 1. The van der Waals surface area contributed by atoms with Crippen molar-refractivity contribution < 1.29 is 9.53 Å². The van der Waals surface area contributed by atoms with E-state index >= 15 is 0 Å². The van der Waals surface area contributed by atoms with Crippen molar-refractivity contribution in [3.8, 4) is 5.75 Å². The normalized spacial score (nSPS) is 16.3. The molecule has 3 heteroatoms. The summed E-state index contributed by atoms with van der Waals surface area (Å²) in [6.45, 7) is 5.49. The average molecular weight is 309 g/mol. The molecule has 3 rings (SSSR count). The maximum Gasteiger partial charge on any atom is 0.224 e. The van der Waals surface area contributed by atoms with Crippen molar-refractivity contribution in [3.05, 3.63) is 64.7 Å². The van der Waals surface area contributed by atoms with E-state index in [9.17, 15) is 4.79 Å². The zero-order chi connectivity index (χ0) is 16.2. The molecule has 1 atom stereocenters. The molecule has 0 bridgehead atoms. The van der Waals surface area contributed by atoms with Crippen molar-refractivity contribution in [2.75, 3.05) is 13.2 Å². The summed E-state index contributed by atoms with van der Waals surface area (Å²) < 4.78 is 5.76. The first kappa shape index (κ1) is 15.6. The summed E-state index contributed by atoms with van der Waals surface area (Å²) in [7, 11) is 0. The van der Waals surface area contributed by atoms with Crippen LogP contribution in [-0.4, -0.2) is 19.1 Å². The molecule has 0 aromatic heterocycles. The van der Waals surface area contributed by atoms with Gasteiger partial charge in [-0.2, -0.15) is 0 Å². The first-order valence-corrected chi connectivity index (χ1v) is 8.15. The van der Waals surface area contributed by atoms with Crippen molar-refractivity contribution >= 4 is 5.91 Å². The van der Waals surface area contributed by atoms with E-state index in [1.54, 1.807) is 0 Å². The Balaban J connectivity index is 1.51. The minimum atomic E-state index is 0.0760. The maximum absolute atomic E-state index is 12.1. The van der Waals surface area contributed by atoms with Gasteiger partial charge in [-0.15, -0.1) is 0 Å². The van der Waals surface area contributed by atoms with Crippen molar-refractivity contribution in [2.24, 2.45) is 5.92 Å². The molecule has 2 aromatic rings. The van der Waals surface area contributed by atoms with Gasteiger partial charge < -0.3 is 10.1 Å². The van der Waals surface area contributed by atoms with E-state index in [0.29, 0.717) is 25.5 Å². The molecule has 0 fully saturated rings. The molecule has 1 aliphatic rings. The SMILES string of the molecule is Cc1ccc(CC(=O)NC[C@@H]2COc3ccccc3C2)cc1C. The third-order valence-corrected chi connectivity index (χ3v) is 4.48. The lowest BCUT2D eigenvalue weighted by Gasteiger charge is -2.25. The minimum Gasteiger partial charge on any atom is -0.493 e. The third kappa shape index (κ3) is 3.92. The van der Waals surface area contributed by atoms with E-state index in [1.165, 1.54) is 16.7 Å². The van der Waals surface area contributed by atoms with Crippen molar-refractivity contribution in [3.63, 3.8) is 0 Å². The van der Waals surface area contributed by atoms with Gasteiger partial charge in [-0.3, -0.25) is 4.79 Å². The van der Waals surface area contributed by atoms with E-state index in [1.807, 2.05) is 24.3 Å². The first-order chi connectivity index (χ1) is 11.1. The molecule has 1 heterocycles. The summed E-state index contributed by atoms with van der Waals surface area (Å²) in [5.41, 5.74) is 4.78. The van der Waals surface area contributed by atoms with Gasteiger partial charge in [-0.25, -0.2) is 0 Å². The van der Waals surface area contributed by atoms with Crippen LogP contribution in [0.5, 0.6) is 5.75 Å². The van der Waals surface area contributed by atoms with Crippen LogP contribution in [0.25, 0.3) is 0 Å². The second-order valence-corrected chi connectivity index (χ2v) is 6.39. The Morgan fingerprint density at radius 1 is 1.17 bits per heavy atom. The molecule has 1 N–H and O–H groups in total. The van der Waals surface area contributed by atoms with Crippen LogP contribution in [0.3, 0.4) is 0 Å². The molecule has 0 saturated heterocycles. The Morgan fingerprint density at radius 3 is 2.83 bits per heavy atom. The topological polar surface area (TPSA) is 38.3 Å². The minimum absolute atomic E-state index is 0.0760. The van der Waals surface area contributed by atoms with Gasteiger partial charge in [0.2, 0.25) is 5.91 Å². The Bertz CT molecular complexity index is 709. The standard InChI is InChI=1S/C20H23NO2/c1-14-7-8-16(9-15(14)2)11-20(22)21-12-17-10-18-5-3-4-6-19(18)23-13-17/h3-9,17H,10-13H2,1-2H3,(H,21,22)/t17-/m1/s1. The largest absolute Gasteiger partial charge is 0.493 e. The van der Waals surface area contributed by atoms with Gasteiger partial charge in [0.1, 0.15) is 5.75 Å². The summed E-state index contributed by atoms with van der Waals surface area (Å²) in [6.07, 6.45) is 1.39. The fourth-order valence-corrected chi connectivity index (χ4v) is 2.94. The monoisotopic (exact) mass is 309 g/mol. The molecule has 0 saturated carbocycles. The smallest absolute Gasteiger partial charge is 0.224 e. The number of fused-ring (bicyclic) bond motifs is 1. The lowest BCUT2D eigenvalue weighted by Crippen LogP contribution is -2.35. The van der Waals surface area contributed by atoms with Crippen LogP contribution in [-0.2, 0) is 17.6 Å². The molecule has 0 radical (unpaired) electrons. The highest BCUT2D eigenvalue weighted by Gasteiger charge is 2.19. The van der Waals surface area contributed by atoms with Crippen LogP contribution in [0.2, 0.25) is 0 Å². The van der Waals surface area contributed by atoms with Crippen LogP contribution >= 0.6 is 0 Å². The summed E-state index contributed by atoms with van der Waals surface area (Å²) in [5.74, 6) is 1.39. The molecule has 1 amide bonds. The second-order valence-electron chi connectivity index (χ2n) is 6.39. The van der Waals surface area contributed by atoms with E-state index in [4.69, 9.17) is 4.74 Å². The quantitative estimate of drug-likeness (QED) is 0.942. The van der Waals surface area contributed by atoms with Crippen LogP contribution in [0, 0.1) is 19.8 Å². The second kappa shape index (κ2) is 6.86. The number of ether oxygens (including phenoxy) is 1. The van der Waals surface area contributed by atoms with Gasteiger partial charge in [0.05, 0.1) is 13.0 Å². The zero-order valence-electron chi connectivity index (χ0n) is 13.8. The van der Waals surface area contributed by atoms with Crippen molar-refractivity contribution in [2.45, 2.75) is 26.7 Å². The zero-order valence-corrected chi connectivity index (χ0v) is 13.8. The highest BCUT2D eigenvalue weighted by atomic mass is 16.5. The van der Waals surface area contributed by atoms with E-state index < -0.39 is 0 Å². The number of para-hydroxylation sites is 1. The van der Waals surface area contributed by atoms with Crippen LogP contribution in [0.1, 0.15) is 22.3 Å². The Kier molecular flexibility index (Phi) is 4.65. The first-order valence-electron chi connectivity index (χ1n) is 8.15. The molecule has 2 aromatic carbocycles. The predicted molar refractivity (Wildman–Crippen MR) is 91.8 cm³/mol. The van der Waals surface area contributed by atoms with E-state index in [2.05, 4.69) is 37.4 Å². The number of aryl methyl sites for hydroxylation is 2. The van der Waals surface area contributed by atoms with Crippen molar-refractivity contribution in [1.82, 2.24) is 5.32 Å². The fourth-order valence-electron chi connectivity index (χ4n) is 2.94. The highest BCUT2D eigenvalue weighted by Crippen LogP contribution is 2.26. The number of benzene rings is 2. The Labute approximate surface area is 137 Å². The molecular formula is C20H23NO2. The molecule has 0 aliphatic carbocycles. The maximum atomic E-state index is 12.1. The van der Waals surface area contributed by atoms with E-state index in [-0.39, 0.29) is 5.91 Å². The van der Waals surface area contributed by atoms with Gasteiger partial charge in [0, 0.05) is 12.5 Å². The van der Waals surface area contributed by atoms with Gasteiger partial charge in [-0.1, -0.05) is 36.4 Å². The number of amides is 1. The molecule has 0 unspecified atom stereocenters. The number of hydrogen-bond acceptors (Lipinski definition) is 2. The van der Waals surface area contributed by atoms with Crippen LogP contribution < -0.4 is 10.1 Å². The number of nitrogens with one attached hydrogen (secondary N) is 1. The summed E-state index contributed by atoms with van der Waals surface area (Å²) in [6, 6.07) is 14.3.